The van der Waals surface area contributed by atoms with Gasteiger partial charge in [0.1, 0.15) is 0 Å². The lowest BCUT2D eigenvalue weighted by molar-refractivity contribution is -0.125. The molecule has 1 amide bonds. The number of hydrogen-bond acceptors (Lipinski definition) is 4. The Morgan fingerprint density at radius 1 is 1.22 bits per heavy atom. The van der Waals surface area contributed by atoms with E-state index in [1.165, 1.54) is 11.1 Å². The zero-order chi connectivity index (χ0) is 16.1. The van der Waals surface area contributed by atoms with E-state index in [2.05, 4.69) is 28.4 Å². The Labute approximate surface area is 138 Å². The van der Waals surface area contributed by atoms with Gasteiger partial charge in [-0.05, 0) is 30.4 Å². The number of nitrogens with one attached hydrogen (secondary N) is 1. The van der Waals surface area contributed by atoms with Crippen LogP contribution in [0.4, 0.5) is 0 Å². The van der Waals surface area contributed by atoms with Crippen molar-refractivity contribution in [3.05, 3.63) is 35.4 Å². The summed E-state index contributed by atoms with van der Waals surface area (Å²) in [6.07, 6.45) is 2.70. The van der Waals surface area contributed by atoms with Crippen LogP contribution in [-0.4, -0.2) is 43.2 Å². The molecular formula is C18H27N3O2. The highest BCUT2D eigenvalue weighted by Crippen LogP contribution is 2.24. The maximum Gasteiger partial charge on any atom is 0.223 e. The molecule has 3 rings (SSSR count). The molecule has 23 heavy (non-hydrogen) atoms. The van der Waals surface area contributed by atoms with Crippen molar-refractivity contribution < 1.29 is 9.53 Å². The number of amides is 1. The van der Waals surface area contributed by atoms with E-state index in [0.29, 0.717) is 6.54 Å². The van der Waals surface area contributed by atoms with Crippen LogP contribution in [-0.2, 0) is 22.6 Å². The van der Waals surface area contributed by atoms with Crippen molar-refractivity contribution in [2.75, 3.05) is 26.3 Å². The minimum absolute atomic E-state index is 0.0939. The average molecular weight is 317 g/mol. The van der Waals surface area contributed by atoms with Crippen molar-refractivity contribution >= 4 is 5.91 Å². The topological polar surface area (TPSA) is 67.6 Å². The summed E-state index contributed by atoms with van der Waals surface area (Å²) in [4.78, 5) is 14.7. The van der Waals surface area contributed by atoms with Crippen molar-refractivity contribution in [3.63, 3.8) is 0 Å². The quantitative estimate of drug-likeness (QED) is 0.858. The van der Waals surface area contributed by atoms with Gasteiger partial charge in [-0.15, -0.1) is 0 Å². The maximum absolute atomic E-state index is 12.3. The van der Waals surface area contributed by atoms with Gasteiger partial charge in [-0.1, -0.05) is 24.3 Å². The predicted molar refractivity (Wildman–Crippen MR) is 89.7 cm³/mol. The van der Waals surface area contributed by atoms with E-state index < -0.39 is 0 Å². The monoisotopic (exact) mass is 317 g/mol. The van der Waals surface area contributed by atoms with Gasteiger partial charge in [0.05, 0.1) is 13.2 Å². The van der Waals surface area contributed by atoms with Gasteiger partial charge < -0.3 is 15.8 Å². The van der Waals surface area contributed by atoms with E-state index in [1.54, 1.807) is 0 Å². The van der Waals surface area contributed by atoms with Crippen LogP contribution in [0.2, 0.25) is 0 Å². The Kier molecular flexibility index (Phi) is 5.65. The number of carbonyl (C=O) groups is 1. The standard InChI is InChI=1S/C18H27N3O2/c19-17-6-5-14(11-17)18(22)20-12-15-3-1-2-4-16(15)13-21-7-9-23-10-8-21/h1-4,14,17H,5-13,19H2,(H,20,22)/t14-,17+/m1/s1. The summed E-state index contributed by atoms with van der Waals surface area (Å²) in [6, 6.07) is 8.56. The van der Waals surface area contributed by atoms with Crippen molar-refractivity contribution in [2.45, 2.75) is 38.4 Å². The molecule has 0 bridgehead atoms. The number of morpholine rings is 1. The van der Waals surface area contributed by atoms with Crippen LogP contribution < -0.4 is 11.1 Å². The summed E-state index contributed by atoms with van der Waals surface area (Å²) in [5, 5.41) is 3.10. The third kappa shape index (κ3) is 4.53. The second-order valence-corrected chi connectivity index (χ2v) is 6.65. The lowest BCUT2D eigenvalue weighted by atomic mass is 10.0. The van der Waals surface area contributed by atoms with Gasteiger partial charge in [0, 0.05) is 38.1 Å². The fraction of sp³-hybridized carbons (Fsp3) is 0.611. The fourth-order valence-electron chi connectivity index (χ4n) is 3.47. The lowest BCUT2D eigenvalue weighted by Gasteiger charge is -2.27. The van der Waals surface area contributed by atoms with Gasteiger partial charge in [-0.3, -0.25) is 9.69 Å². The maximum atomic E-state index is 12.3. The summed E-state index contributed by atoms with van der Waals surface area (Å²) in [7, 11) is 0. The molecule has 1 aliphatic heterocycles. The normalized spacial score (nSPS) is 25.4. The number of rotatable bonds is 5. The predicted octanol–water partition coefficient (Wildman–Crippen LogP) is 1.26. The van der Waals surface area contributed by atoms with Gasteiger partial charge in [-0.2, -0.15) is 0 Å². The smallest absolute Gasteiger partial charge is 0.223 e. The second-order valence-electron chi connectivity index (χ2n) is 6.65. The van der Waals surface area contributed by atoms with Gasteiger partial charge in [-0.25, -0.2) is 0 Å². The van der Waals surface area contributed by atoms with E-state index in [-0.39, 0.29) is 17.9 Å². The summed E-state index contributed by atoms with van der Waals surface area (Å²) >= 11 is 0. The van der Waals surface area contributed by atoms with E-state index in [0.717, 1.165) is 52.1 Å². The Bertz CT molecular complexity index is 529. The van der Waals surface area contributed by atoms with E-state index in [4.69, 9.17) is 10.5 Å². The summed E-state index contributed by atoms with van der Waals surface area (Å²) in [6.45, 7) is 5.08. The second kappa shape index (κ2) is 7.90. The van der Waals surface area contributed by atoms with Crippen molar-refractivity contribution in [2.24, 2.45) is 11.7 Å². The fourth-order valence-corrected chi connectivity index (χ4v) is 3.47. The summed E-state index contributed by atoms with van der Waals surface area (Å²) in [5.74, 6) is 0.246. The molecule has 1 aromatic carbocycles. The first-order valence-electron chi connectivity index (χ1n) is 8.62. The molecule has 1 saturated carbocycles. The van der Waals surface area contributed by atoms with Gasteiger partial charge in [0.15, 0.2) is 0 Å². The van der Waals surface area contributed by atoms with Crippen molar-refractivity contribution in [3.8, 4) is 0 Å². The van der Waals surface area contributed by atoms with E-state index in [9.17, 15) is 4.79 Å². The Morgan fingerprint density at radius 2 is 1.96 bits per heavy atom. The van der Waals surface area contributed by atoms with Crippen LogP contribution in [0.5, 0.6) is 0 Å². The molecule has 5 nitrogen and oxygen atoms in total. The molecule has 1 saturated heterocycles. The summed E-state index contributed by atoms with van der Waals surface area (Å²) in [5.41, 5.74) is 8.40. The highest BCUT2D eigenvalue weighted by molar-refractivity contribution is 5.79. The SMILES string of the molecule is N[C@H]1CC[C@@H](C(=O)NCc2ccccc2CN2CCOCC2)C1. The number of benzene rings is 1. The molecule has 0 radical (unpaired) electrons. The number of carbonyl (C=O) groups excluding carboxylic acids is 1. The molecule has 0 unspecified atom stereocenters. The van der Waals surface area contributed by atoms with E-state index in [1.807, 2.05) is 6.07 Å². The molecule has 0 spiro atoms. The molecule has 1 aliphatic carbocycles. The van der Waals surface area contributed by atoms with Crippen LogP contribution in [0.3, 0.4) is 0 Å². The molecule has 1 heterocycles. The van der Waals surface area contributed by atoms with Crippen molar-refractivity contribution in [1.82, 2.24) is 10.2 Å². The first kappa shape index (κ1) is 16.4. The van der Waals surface area contributed by atoms with Crippen LogP contribution in [0, 0.1) is 5.92 Å². The Hall–Kier alpha value is -1.43. The molecule has 1 aromatic rings. The van der Waals surface area contributed by atoms with Crippen LogP contribution >= 0.6 is 0 Å². The molecule has 2 fully saturated rings. The third-order valence-corrected chi connectivity index (χ3v) is 4.91. The number of nitrogens with zero attached hydrogens (tertiary/aromatic N) is 1. The third-order valence-electron chi connectivity index (χ3n) is 4.91. The molecule has 2 aliphatic rings. The van der Waals surface area contributed by atoms with Gasteiger partial charge in [0.25, 0.3) is 0 Å². The molecule has 2 atom stereocenters. The number of hydrogen-bond donors (Lipinski definition) is 2. The number of ether oxygens (including phenoxy) is 1. The minimum Gasteiger partial charge on any atom is -0.379 e. The van der Waals surface area contributed by atoms with Gasteiger partial charge >= 0.3 is 0 Å². The zero-order valence-corrected chi connectivity index (χ0v) is 13.7. The van der Waals surface area contributed by atoms with Crippen LogP contribution in [0.15, 0.2) is 24.3 Å². The van der Waals surface area contributed by atoms with Crippen LogP contribution in [0.1, 0.15) is 30.4 Å². The van der Waals surface area contributed by atoms with E-state index >= 15 is 0 Å². The minimum atomic E-state index is 0.0939. The molecule has 0 aromatic heterocycles. The Balaban J connectivity index is 1.56. The zero-order valence-electron chi connectivity index (χ0n) is 13.7. The number of nitrogens with two attached hydrogens (primary N) is 1. The summed E-state index contributed by atoms with van der Waals surface area (Å²) < 4.78 is 5.40. The molecule has 5 heteroatoms. The molecule has 126 valence electrons. The highest BCUT2D eigenvalue weighted by atomic mass is 16.5. The lowest BCUT2D eigenvalue weighted by Crippen LogP contribution is -2.36. The van der Waals surface area contributed by atoms with Crippen LogP contribution in [0.25, 0.3) is 0 Å². The molecule has 3 N–H and O–H groups in total. The first-order chi connectivity index (χ1) is 11.2. The Morgan fingerprint density at radius 3 is 2.65 bits per heavy atom. The average Bonchev–Trinajstić information content (AvgIpc) is 3.01. The first-order valence-corrected chi connectivity index (χ1v) is 8.62. The van der Waals surface area contributed by atoms with Crippen molar-refractivity contribution in [1.29, 1.82) is 0 Å². The highest BCUT2D eigenvalue weighted by Gasteiger charge is 2.27. The largest absolute Gasteiger partial charge is 0.379 e. The molecular weight excluding hydrogens is 290 g/mol. The van der Waals surface area contributed by atoms with Gasteiger partial charge in [0.2, 0.25) is 5.91 Å².